The standard InChI is InChI=1S/C14H18O2S/c1-10-2-6-13(7-3-10)17(15)16-14-9-11-4-5-12(14)8-11/h2-3,6-7,11-12,14H,4-5,8-9H2,1H3/t11-,12+,14+,17?/m0/s1. The Bertz CT molecular complexity index is 426. The minimum Gasteiger partial charge on any atom is -0.283 e. The molecule has 2 saturated carbocycles. The Balaban J connectivity index is 1.65. The summed E-state index contributed by atoms with van der Waals surface area (Å²) < 4.78 is 17.8. The molecule has 0 radical (unpaired) electrons. The molecule has 0 spiro atoms. The van der Waals surface area contributed by atoms with Crippen LogP contribution < -0.4 is 0 Å². The van der Waals surface area contributed by atoms with Crippen LogP contribution in [0.2, 0.25) is 0 Å². The lowest BCUT2D eigenvalue weighted by Gasteiger charge is -2.20. The van der Waals surface area contributed by atoms with E-state index in [4.69, 9.17) is 4.18 Å². The van der Waals surface area contributed by atoms with Gasteiger partial charge in [0.1, 0.15) is 0 Å². The first-order chi connectivity index (χ1) is 8.22. The summed E-state index contributed by atoms with van der Waals surface area (Å²) in [5.41, 5.74) is 1.19. The quantitative estimate of drug-likeness (QED) is 0.823. The highest BCUT2D eigenvalue weighted by Gasteiger charge is 2.41. The summed E-state index contributed by atoms with van der Waals surface area (Å²) in [5.74, 6) is 1.49. The van der Waals surface area contributed by atoms with Crippen molar-refractivity contribution in [3.05, 3.63) is 29.8 Å². The van der Waals surface area contributed by atoms with E-state index in [9.17, 15) is 4.21 Å². The van der Waals surface area contributed by atoms with Crippen molar-refractivity contribution in [2.45, 2.75) is 43.6 Å². The van der Waals surface area contributed by atoms with Crippen molar-refractivity contribution in [3.8, 4) is 0 Å². The van der Waals surface area contributed by atoms with Gasteiger partial charge < -0.3 is 0 Å². The van der Waals surface area contributed by atoms with Gasteiger partial charge in [-0.25, -0.2) is 4.21 Å². The van der Waals surface area contributed by atoms with Crippen LogP contribution in [0.3, 0.4) is 0 Å². The summed E-state index contributed by atoms with van der Waals surface area (Å²) >= 11 is -1.28. The molecule has 92 valence electrons. The first kappa shape index (κ1) is 11.4. The topological polar surface area (TPSA) is 26.3 Å². The summed E-state index contributed by atoms with van der Waals surface area (Å²) in [6, 6.07) is 7.77. The molecule has 1 aromatic rings. The molecular weight excluding hydrogens is 232 g/mol. The van der Waals surface area contributed by atoms with E-state index >= 15 is 0 Å². The predicted octanol–water partition coefficient (Wildman–Crippen LogP) is 3.22. The van der Waals surface area contributed by atoms with Gasteiger partial charge in [-0.3, -0.25) is 4.18 Å². The Kier molecular flexibility index (Phi) is 3.05. The second-order valence-electron chi connectivity index (χ2n) is 5.36. The highest BCUT2D eigenvalue weighted by atomic mass is 32.2. The Labute approximate surface area is 105 Å². The molecule has 4 atom stereocenters. The second-order valence-corrected chi connectivity index (χ2v) is 6.49. The minimum atomic E-state index is -1.28. The molecule has 0 aromatic heterocycles. The summed E-state index contributed by atoms with van der Waals surface area (Å²) in [5, 5.41) is 0. The molecule has 0 saturated heterocycles. The maximum absolute atomic E-state index is 12.1. The highest BCUT2D eigenvalue weighted by Crippen LogP contribution is 2.46. The van der Waals surface area contributed by atoms with Gasteiger partial charge >= 0.3 is 0 Å². The Morgan fingerprint density at radius 3 is 2.53 bits per heavy atom. The lowest BCUT2D eigenvalue weighted by molar-refractivity contribution is 0.156. The van der Waals surface area contributed by atoms with Crippen molar-refractivity contribution in [2.75, 3.05) is 0 Å². The number of benzene rings is 1. The molecule has 3 rings (SSSR count). The molecule has 2 fully saturated rings. The second kappa shape index (κ2) is 4.54. The fourth-order valence-corrected chi connectivity index (χ4v) is 4.05. The Hall–Kier alpha value is -0.670. The zero-order valence-corrected chi connectivity index (χ0v) is 10.9. The third-order valence-corrected chi connectivity index (χ3v) is 5.18. The van der Waals surface area contributed by atoms with E-state index in [0.29, 0.717) is 5.92 Å². The van der Waals surface area contributed by atoms with E-state index in [1.807, 2.05) is 31.2 Å². The molecule has 17 heavy (non-hydrogen) atoms. The van der Waals surface area contributed by atoms with E-state index in [1.165, 1.54) is 24.8 Å². The van der Waals surface area contributed by atoms with Gasteiger partial charge in [-0.05, 0) is 56.6 Å². The summed E-state index contributed by atoms with van der Waals surface area (Å²) in [6.07, 6.45) is 5.25. The maximum Gasteiger partial charge on any atom is 0.189 e. The first-order valence-corrected chi connectivity index (χ1v) is 7.45. The van der Waals surface area contributed by atoms with Gasteiger partial charge in [0.25, 0.3) is 0 Å². The summed E-state index contributed by atoms with van der Waals surface area (Å²) in [4.78, 5) is 0.790. The number of aryl methyl sites for hydroxylation is 1. The molecule has 1 aromatic carbocycles. The minimum absolute atomic E-state index is 0.232. The van der Waals surface area contributed by atoms with E-state index in [2.05, 4.69) is 0 Å². The fourth-order valence-electron chi connectivity index (χ4n) is 3.12. The maximum atomic E-state index is 12.1. The van der Waals surface area contributed by atoms with Crippen LogP contribution >= 0.6 is 0 Å². The van der Waals surface area contributed by atoms with E-state index in [0.717, 1.165) is 17.2 Å². The molecule has 3 heteroatoms. The van der Waals surface area contributed by atoms with Gasteiger partial charge in [0.2, 0.25) is 0 Å². The van der Waals surface area contributed by atoms with Crippen LogP contribution in [0.4, 0.5) is 0 Å². The lowest BCUT2D eigenvalue weighted by Crippen LogP contribution is -2.21. The van der Waals surface area contributed by atoms with Crippen LogP contribution in [-0.4, -0.2) is 10.3 Å². The lowest BCUT2D eigenvalue weighted by atomic mass is 9.98. The van der Waals surface area contributed by atoms with Crippen LogP contribution in [0.1, 0.15) is 31.2 Å². The number of hydrogen-bond acceptors (Lipinski definition) is 2. The highest BCUT2D eigenvalue weighted by molar-refractivity contribution is 7.80. The molecule has 2 nitrogen and oxygen atoms in total. The van der Waals surface area contributed by atoms with Gasteiger partial charge in [-0.2, -0.15) is 0 Å². The number of fused-ring (bicyclic) bond motifs is 2. The Morgan fingerprint density at radius 2 is 1.94 bits per heavy atom. The third kappa shape index (κ3) is 2.31. The normalized spacial score (nSPS) is 32.9. The van der Waals surface area contributed by atoms with E-state index in [-0.39, 0.29) is 6.10 Å². The molecule has 1 unspecified atom stereocenters. The van der Waals surface area contributed by atoms with Crippen LogP contribution in [0.25, 0.3) is 0 Å². The van der Waals surface area contributed by atoms with Crippen molar-refractivity contribution in [2.24, 2.45) is 11.8 Å². The van der Waals surface area contributed by atoms with Crippen molar-refractivity contribution in [1.82, 2.24) is 0 Å². The fraction of sp³-hybridized carbons (Fsp3) is 0.571. The molecular formula is C14H18O2S. The average molecular weight is 250 g/mol. The molecule has 0 aliphatic heterocycles. The van der Waals surface area contributed by atoms with Gasteiger partial charge in [-0.1, -0.05) is 17.7 Å². The SMILES string of the molecule is Cc1ccc(S(=O)O[C@@H]2C[C@H]3CC[C@@H]2C3)cc1. The van der Waals surface area contributed by atoms with Crippen molar-refractivity contribution < 1.29 is 8.39 Å². The van der Waals surface area contributed by atoms with Crippen molar-refractivity contribution in [1.29, 1.82) is 0 Å². The van der Waals surface area contributed by atoms with Crippen LogP contribution in [0, 0.1) is 18.8 Å². The smallest absolute Gasteiger partial charge is 0.189 e. The third-order valence-electron chi connectivity index (χ3n) is 4.10. The van der Waals surface area contributed by atoms with Gasteiger partial charge in [-0.15, -0.1) is 0 Å². The van der Waals surface area contributed by atoms with E-state index < -0.39 is 11.1 Å². The van der Waals surface area contributed by atoms with Crippen LogP contribution in [0.5, 0.6) is 0 Å². The Morgan fingerprint density at radius 1 is 1.18 bits per heavy atom. The predicted molar refractivity (Wildman–Crippen MR) is 67.9 cm³/mol. The first-order valence-electron chi connectivity index (χ1n) is 6.38. The van der Waals surface area contributed by atoms with Crippen molar-refractivity contribution in [3.63, 3.8) is 0 Å². The monoisotopic (exact) mass is 250 g/mol. The van der Waals surface area contributed by atoms with E-state index in [1.54, 1.807) is 0 Å². The number of hydrogen-bond donors (Lipinski definition) is 0. The average Bonchev–Trinajstić information content (AvgIpc) is 2.91. The molecule has 0 N–H and O–H groups in total. The van der Waals surface area contributed by atoms with Gasteiger partial charge in [0.05, 0.1) is 11.0 Å². The largest absolute Gasteiger partial charge is 0.283 e. The summed E-state index contributed by atoms with van der Waals surface area (Å²) in [6.45, 7) is 2.03. The molecule has 2 bridgehead atoms. The molecule has 0 heterocycles. The molecule has 0 amide bonds. The molecule has 2 aliphatic carbocycles. The summed E-state index contributed by atoms with van der Waals surface area (Å²) in [7, 11) is 0. The zero-order valence-electron chi connectivity index (χ0n) is 10.1. The van der Waals surface area contributed by atoms with Crippen molar-refractivity contribution >= 4 is 11.1 Å². The van der Waals surface area contributed by atoms with Crippen LogP contribution in [-0.2, 0) is 15.3 Å². The van der Waals surface area contributed by atoms with Crippen LogP contribution in [0.15, 0.2) is 29.2 Å². The zero-order chi connectivity index (χ0) is 11.8. The van der Waals surface area contributed by atoms with Gasteiger partial charge in [0.15, 0.2) is 11.1 Å². The number of rotatable bonds is 3. The molecule has 2 aliphatic rings. The van der Waals surface area contributed by atoms with Gasteiger partial charge in [0, 0.05) is 0 Å².